The van der Waals surface area contributed by atoms with Crippen LogP contribution in [0.2, 0.25) is 0 Å². The van der Waals surface area contributed by atoms with Crippen molar-refractivity contribution in [1.82, 2.24) is 0 Å². The summed E-state index contributed by atoms with van der Waals surface area (Å²) in [6, 6.07) is 0. The fourth-order valence-electron chi connectivity index (χ4n) is 9.19. The van der Waals surface area contributed by atoms with E-state index in [2.05, 4.69) is 124 Å². The van der Waals surface area contributed by atoms with E-state index < -0.39 is 6.10 Å². The molecule has 0 aromatic heterocycles. The van der Waals surface area contributed by atoms with Crippen molar-refractivity contribution in [3.05, 3.63) is 109 Å². The maximum atomic E-state index is 12.9. The molecule has 0 aromatic carbocycles. The standard InChI is InChI=1S/C72H122O6/c1-4-7-10-13-16-19-22-25-27-29-31-32-33-34-35-36-37-38-39-41-42-44-47-50-53-56-59-62-65-71(74)77-68-69(67-76-70(73)64-61-58-55-52-49-46-24-21-18-15-12-9-6-3)78-72(75)66-63-60-57-54-51-48-45-43-40-30-28-26-23-20-17-14-11-8-5-2/h8-9,11-12,17-18,20-21,26,28,40,43,46,48-49,51,55,58,69H,4-7,10,13-16,19,22-25,27,29-39,41-42,44-45,47,50,52-54,56-57,59-68H2,1-3H3/b11-8-,12-9-,20-17-,21-18-,28-26-,43-40-,49-46-,51-48-,58-55-. The second-order valence-electron chi connectivity index (χ2n) is 21.6. The van der Waals surface area contributed by atoms with E-state index in [1.807, 2.05) is 6.08 Å². The summed E-state index contributed by atoms with van der Waals surface area (Å²) in [5, 5.41) is 0. The molecule has 0 N–H and O–H groups in total. The number of esters is 3. The fourth-order valence-corrected chi connectivity index (χ4v) is 9.19. The van der Waals surface area contributed by atoms with Gasteiger partial charge < -0.3 is 14.2 Å². The number of carbonyl (C=O) groups excluding carboxylic acids is 3. The van der Waals surface area contributed by atoms with Gasteiger partial charge in [-0.2, -0.15) is 0 Å². The van der Waals surface area contributed by atoms with Crippen LogP contribution >= 0.6 is 0 Å². The molecule has 0 radical (unpaired) electrons. The van der Waals surface area contributed by atoms with Gasteiger partial charge >= 0.3 is 17.9 Å². The lowest BCUT2D eigenvalue weighted by Gasteiger charge is -2.18. The molecule has 0 heterocycles. The van der Waals surface area contributed by atoms with Crippen LogP contribution in [0.15, 0.2) is 109 Å². The van der Waals surface area contributed by atoms with Gasteiger partial charge in [0.1, 0.15) is 13.2 Å². The van der Waals surface area contributed by atoms with Gasteiger partial charge in [-0.25, -0.2) is 0 Å². The first-order valence-electron chi connectivity index (χ1n) is 32.9. The van der Waals surface area contributed by atoms with Gasteiger partial charge in [-0.3, -0.25) is 14.4 Å². The summed E-state index contributed by atoms with van der Waals surface area (Å²) in [5.74, 6) is -1.02. The highest BCUT2D eigenvalue weighted by molar-refractivity contribution is 5.71. The van der Waals surface area contributed by atoms with Crippen LogP contribution in [-0.4, -0.2) is 37.2 Å². The molecular formula is C72H122O6. The quantitative estimate of drug-likeness (QED) is 0.0261. The molecule has 1 atom stereocenters. The predicted octanol–water partition coefficient (Wildman–Crippen LogP) is 22.6. The highest BCUT2D eigenvalue weighted by Crippen LogP contribution is 2.17. The molecule has 0 fully saturated rings. The molecule has 0 rings (SSSR count). The first-order valence-corrected chi connectivity index (χ1v) is 32.9. The summed E-state index contributed by atoms with van der Waals surface area (Å²) in [4.78, 5) is 38.2. The molecule has 0 saturated heterocycles. The lowest BCUT2D eigenvalue weighted by atomic mass is 10.0. The highest BCUT2D eigenvalue weighted by Gasteiger charge is 2.19. The third kappa shape index (κ3) is 62.9. The number of hydrogen-bond donors (Lipinski definition) is 0. The van der Waals surface area contributed by atoms with Crippen LogP contribution < -0.4 is 0 Å². The summed E-state index contributed by atoms with van der Waals surface area (Å²) >= 11 is 0. The van der Waals surface area contributed by atoms with Crippen LogP contribution in [0.1, 0.15) is 310 Å². The van der Waals surface area contributed by atoms with Crippen molar-refractivity contribution >= 4 is 17.9 Å². The SMILES string of the molecule is CC/C=C\C/C=C\C/C=C\C/C=C\C/C=C\CCCCCC(=O)OC(COC(=O)CC/C=C\C/C=C\C/C=C\C/C=C\CC)COC(=O)CCCCCCCCCCCCCCCCCCCCCCCCCCCCCC. The van der Waals surface area contributed by atoms with Gasteiger partial charge in [0.05, 0.1) is 0 Å². The summed E-state index contributed by atoms with van der Waals surface area (Å²) in [6.45, 7) is 6.35. The smallest absolute Gasteiger partial charge is 0.306 e. The second kappa shape index (κ2) is 65.6. The largest absolute Gasteiger partial charge is 0.462 e. The van der Waals surface area contributed by atoms with Crippen LogP contribution in [0.25, 0.3) is 0 Å². The number of allylic oxidation sites excluding steroid dienone is 18. The Bertz CT molecular complexity index is 1570. The number of hydrogen-bond acceptors (Lipinski definition) is 6. The van der Waals surface area contributed by atoms with Crippen LogP contribution in [-0.2, 0) is 28.6 Å². The highest BCUT2D eigenvalue weighted by atomic mass is 16.6. The van der Waals surface area contributed by atoms with Crippen molar-refractivity contribution in [2.75, 3.05) is 13.2 Å². The Hall–Kier alpha value is -3.93. The lowest BCUT2D eigenvalue weighted by Crippen LogP contribution is -2.30. The molecular weight excluding hydrogens is 961 g/mol. The molecule has 0 saturated carbocycles. The maximum absolute atomic E-state index is 12.9. The van der Waals surface area contributed by atoms with Gasteiger partial charge in [-0.05, 0) is 89.9 Å². The van der Waals surface area contributed by atoms with Crippen molar-refractivity contribution in [2.24, 2.45) is 0 Å². The normalized spacial score (nSPS) is 12.8. The zero-order chi connectivity index (χ0) is 56.4. The van der Waals surface area contributed by atoms with E-state index >= 15 is 0 Å². The van der Waals surface area contributed by atoms with Crippen LogP contribution in [0.5, 0.6) is 0 Å². The predicted molar refractivity (Wildman–Crippen MR) is 339 cm³/mol. The molecule has 0 aliphatic carbocycles. The van der Waals surface area contributed by atoms with E-state index in [1.165, 1.54) is 161 Å². The minimum absolute atomic E-state index is 0.113. The molecule has 0 amide bonds. The molecule has 446 valence electrons. The summed E-state index contributed by atoms with van der Waals surface area (Å²) in [5.41, 5.74) is 0. The molecule has 0 aliphatic rings. The van der Waals surface area contributed by atoms with Gasteiger partial charge in [-0.1, -0.05) is 310 Å². The van der Waals surface area contributed by atoms with Gasteiger partial charge in [0, 0.05) is 19.3 Å². The van der Waals surface area contributed by atoms with E-state index in [0.717, 1.165) is 96.3 Å². The van der Waals surface area contributed by atoms with E-state index in [1.54, 1.807) is 0 Å². The van der Waals surface area contributed by atoms with Crippen LogP contribution in [0, 0.1) is 0 Å². The average molecular weight is 1080 g/mol. The van der Waals surface area contributed by atoms with Gasteiger partial charge in [0.15, 0.2) is 6.10 Å². The van der Waals surface area contributed by atoms with Crippen molar-refractivity contribution in [2.45, 2.75) is 316 Å². The molecule has 0 spiro atoms. The molecule has 1 unspecified atom stereocenters. The molecule has 6 nitrogen and oxygen atoms in total. The minimum Gasteiger partial charge on any atom is -0.462 e. The monoisotopic (exact) mass is 1080 g/mol. The van der Waals surface area contributed by atoms with Crippen molar-refractivity contribution in [1.29, 1.82) is 0 Å². The number of carbonyl (C=O) groups is 3. The Kier molecular flexibility index (Phi) is 62.3. The minimum atomic E-state index is -0.826. The van der Waals surface area contributed by atoms with E-state index in [9.17, 15) is 14.4 Å². The molecule has 0 aliphatic heterocycles. The first-order chi connectivity index (χ1) is 38.5. The van der Waals surface area contributed by atoms with Crippen LogP contribution in [0.3, 0.4) is 0 Å². The van der Waals surface area contributed by atoms with Gasteiger partial charge in [0.25, 0.3) is 0 Å². The first kappa shape index (κ1) is 74.1. The van der Waals surface area contributed by atoms with Gasteiger partial charge in [0.2, 0.25) is 0 Å². The van der Waals surface area contributed by atoms with Crippen molar-refractivity contribution < 1.29 is 28.6 Å². The number of ether oxygens (including phenoxy) is 3. The Morgan fingerprint density at radius 1 is 0.269 bits per heavy atom. The average Bonchev–Trinajstić information content (AvgIpc) is 3.44. The zero-order valence-electron chi connectivity index (χ0n) is 51.2. The summed E-state index contributed by atoms with van der Waals surface area (Å²) in [6.07, 6.45) is 90.0. The third-order valence-corrected chi connectivity index (χ3v) is 14.0. The lowest BCUT2D eigenvalue weighted by molar-refractivity contribution is -0.166. The zero-order valence-corrected chi connectivity index (χ0v) is 51.2. The summed E-state index contributed by atoms with van der Waals surface area (Å²) in [7, 11) is 0. The molecule has 0 bridgehead atoms. The maximum Gasteiger partial charge on any atom is 0.306 e. The number of rotatable bonds is 59. The second-order valence-corrected chi connectivity index (χ2v) is 21.6. The fraction of sp³-hybridized carbons (Fsp3) is 0.708. The Balaban J connectivity index is 4.31. The van der Waals surface area contributed by atoms with Crippen molar-refractivity contribution in [3.63, 3.8) is 0 Å². The topological polar surface area (TPSA) is 78.9 Å². The van der Waals surface area contributed by atoms with Crippen molar-refractivity contribution in [3.8, 4) is 0 Å². The Labute approximate surface area is 482 Å². The van der Waals surface area contributed by atoms with Crippen LogP contribution in [0.4, 0.5) is 0 Å². The number of unbranched alkanes of at least 4 members (excludes halogenated alkanes) is 30. The molecule has 6 heteroatoms. The van der Waals surface area contributed by atoms with Gasteiger partial charge in [-0.15, -0.1) is 0 Å². The van der Waals surface area contributed by atoms with E-state index in [-0.39, 0.29) is 44.0 Å². The van der Waals surface area contributed by atoms with E-state index in [0.29, 0.717) is 19.3 Å². The third-order valence-electron chi connectivity index (χ3n) is 14.0. The molecule has 0 aromatic rings. The Morgan fingerprint density at radius 3 is 0.859 bits per heavy atom. The summed E-state index contributed by atoms with van der Waals surface area (Å²) < 4.78 is 16.8. The van der Waals surface area contributed by atoms with E-state index in [4.69, 9.17) is 14.2 Å². The Morgan fingerprint density at radius 2 is 0.526 bits per heavy atom. The molecule has 78 heavy (non-hydrogen) atoms.